The molecule has 3 aromatic rings. The van der Waals surface area contributed by atoms with E-state index >= 15 is 0 Å². The van der Waals surface area contributed by atoms with E-state index in [1.165, 1.54) is 6.33 Å². The number of rotatable bonds is 4. The van der Waals surface area contributed by atoms with Crippen molar-refractivity contribution in [1.82, 2.24) is 19.9 Å². The molecule has 0 spiro atoms. The first-order valence-electron chi connectivity index (χ1n) is 9.10. The summed E-state index contributed by atoms with van der Waals surface area (Å²) in [6.45, 7) is 0. The number of carbonyl (C=O) groups excluding carboxylic acids is 1. The number of nitrogens with one attached hydrogen (secondary N) is 2. The molecule has 0 fully saturated rings. The molecule has 2 atom stereocenters. The van der Waals surface area contributed by atoms with E-state index in [1.807, 2.05) is 24.3 Å². The largest absolute Gasteiger partial charge is 0.479 e. The van der Waals surface area contributed by atoms with Crippen LogP contribution in [-0.4, -0.2) is 31.9 Å². The van der Waals surface area contributed by atoms with Gasteiger partial charge in [-0.05, 0) is 18.2 Å². The molecule has 2 N–H and O–H groups in total. The quantitative estimate of drug-likeness (QED) is 0.712. The Balaban J connectivity index is 1.31. The second kappa shape index (κ2) is 7.16. The van der Waals surface area contributed by atoms with Crippen molar-refractivity contribution < 1.29 is 9.53 Å². The van der Waals surface area contributed by atoms with Gasteiger partial charge in [-0.25, -0.2) is 19.9 Å². The lowest BCUT2D eigenvalue weighted by Gasteiger charge is -2.13. The lowest BCUT2D eigenvalue weighted by molar-refractivity contribution is 0.102. The highest BCUT2D eigenvalue weighted by molar-refractivity contribution is 6.03. The van der Waals surface area contributed by atoms with E-state index in [4.69, 9.17) is 4.74 Å². The zero-order chi connectivity index (χ0) is 19.6. The first kappa shape index (κ1) is 17.1. The molecule has 3 heterocycles. The maximum atomic E-state index is 12.2. The van der Waals surface area contributed by atoms with Crippen LogP contribution in [0, 0.1) is 0 Å². The predicted molar refractivity (Wildman–Crippen MR) is 107 cm³/mol. The number of carbonyl (C=O) groups is 1. The second-order valence-electron chi connectivity index (χ2n) is 6.56. The summed E-state index contributed by atoms with van der Waals surface area (Å²) in [5, 5.41) is 5.83. The molecule has 5 rings (SSSR count). The van der Waals surface area contributed by atoms with Crippen molar-refractivity contribution in [3.63, 3.8) is 0 Å². The van der Waals surface area contributed by atoms with Crippen molar-refractivity contribution in [2.24, 2.45) is 0 Å². The smallest absolute Gasteiger partial charge is 0.258 e. The number of benzene rings is 1. The van der Waals surface area contributed by atoms with Crippen LogP contribution in [0.5, 0.6) is 5.75 Å². The summed E-state index contributed by atoms with van der Waals surface area (Å²) in [6.07, 6.45) is 12.6. The fourth-order valence-corrected chi connectivity index (χ4v) is 3.27. The molecule has 8 heteroatoms. The Morgan fingerprint density at radius 2 is 1.76 bits per heavy atom. The van der Waals surface area contributed by atoms with E-state index in [-0.39, 0.29) is 23.9 Å². The van der Waals surface area contributed by atoms with E-state index in [0.29, 0.717) is 22.8 Å². The number of anilines is 3. The number of allylic oxidation sites excluding steroid dienone is 2. The molecule has 1 aliphatic heterocycles. The first-order chi connectivity index (χ1) is 14.3. The normalized spacial score (nSPS) is 18.5. The van der Waals surface area contributed by atoms with Crippen LogP contribution < -0.4 is 15.4 Å². The number of aromatic nitrogens is 4. The van der Waals surface area contributed by atoms with Crippen LogP contribution in [0.4, 0.5) is 17.5 Å². The number of ether oxygens (including phenoxy) is 1. The van der Waals surface area contributed by atoms with Crippen LogP contribution in [-0.2, 0) is 0 Å². The van der Waals surface area contributed by atoms with Crippen LogP contribution in [0.15, 0.2) is 73.4 Å². The van der Waals surface area contributed by atoms with Gasteiger partial charge in [-0.15, -0.1) is 0 Å². The van der Waals surface area contributed by atoms with Gasteiger partial charge in [0, 0.05) is 5.56 Å². The predicted octanol–water partition coefficient (Wildman–Crippen LogP) is 3.23. The molecule has 0 saturated heterocycles. The summed E-state index contributed by atoms with van der Waals surface area (Å²) in [6, 6.07) is 8.90. The van der Waals surface area contributed by atoms with Crippen LogP contribution in [0.1, 0.15) is 22.0 Å². The van der Waals surface area contributed by atoms with Crippen molar-refractivity contribution in [2.75, 3.05) is 10.6 Å². The van der Waals surface area contributed by atoms with Crippen LogP contribution in [0.3, 0.4) is 0 Å². The molecule has 2 aromatic heterocycles. The SMILES string of the molecule is O=C(Nc1ncc(Nc2ncnc3c2OC2C=CC=CC32)cn1)c1ccccc1. The van der Waals surface area contributed by atoms with Gasteiger partial charge in [0.05, 0.1) is 29.7 Å². The standard InChI is InChI=1S/C21H16N6O2/c28-20(13-6-2-1-3-7-13)27-21-22-10-14(11-23-21)26-19-18-17(24-12-25-19)15-8-4-5-9-16(15)29-18/h1-12,15-16H,(H,24,25,26)(H,22,23,27,28). The molecule has 8 nitrogen and oxygen atoms in total. The Morgan fingerprint density at radius 3 is 2.59 bits per heavy atom. The highest BCUT2D eigenvalue weighted by Crippen LogP contribution is 2.43. The number of hydrogen-bond acceptors (Lipinski definition) is 7. The van der Waals surface area contributed by atoms with Gasteiger partial charge in [0.25, 0.3) is 5.91 Å². The third-order valence-corrected chi connectivity index (χ3v) is 4.66. The van der Waals surface area contributed by atoms with Crippen LogP contribution in [0.25, 0.3) is 0 Å². The summed E-state index contributed by atoms with van der Waals surface area (Å²) in [7, 11) is 0. The molecule has 1 aromatic carbocycles. The molecule has 1 aliphatic carbocycles. The second-order valence-corrected chi connectivity index (χ2v) is 6.56. The van der Waals surface area contributed by atoms with E-state index < -0.39 is 0 Å². The number of hydrogen-bond donors (Lipinski definition) is 2. The Bertz CT molecular complexity index is 1110. The summed E-state index contributed by atoms with van der Waals surface area (Å²) in [4.78, 5) is 29.3. The van der Waals surface area contributed by atoms with Gasteiger partial charge in [0.15, 0.2) is 11.6 Å². The minimum atomic E-state index is -0.267. The third-order valence-electron chi connectivity index (χ3n) is 4.66. The molecular weight excluding hydrogens is 368 g/mol. The van der Waals surface area contributed by atoms with E-state index in [1.54, 1.807) is 36.7 Å². The Morgan fingerprint density at radius 1 is 0.966 bits per heavy atom. The Labute approximate surface area is 166 Å². The molecule has 0 saturated carbocycles. The number of fused-ring (bicyclic) bond motifs is 3. The Kier molecular flexibility index (Phi) is 4.21. The van der Waals surface area contributed by atoms with E-state index in [9.17, 15) is 4.79 Å². The average molecular weight is 384 g/mol. The summed E-state index contributed by atoms with van der Waals surface area (Å²) in [5.74, 6) is 1.22. The Hall–Kier alpha value is -4.07. The van der Waals surface area contributed by atoms with Gasteiger partial charge in [0.2, 0.25) is 5.95 Å². The summed E-state index contributed by atoms with van der Waals surface area (Å²) < 4.78 is 6.02. The fraction of sp³-hybridized carbons (Fsp3) is 0.0952. The number of amides is 1. The van der Waals surface area contributed by atoms with Gasteiger partial charge >= 0.3 is 0 Å². The number of nitrogens with zero attached hydrogens (tertiary/aromatic N) is 4. The average Bonchev–Trinajstić information content (AvgIpc) is 3.16. The molecule has 2 unspecified atom stereocenters. The molecule has 142 valence electrons. The monoisotopic (exact) mass is 384 g/mol. The van der Waals surface area contributed by atoms with Gasteiger partial charge < -0.3 is 10.1 Å². The molecular formula is C21H16N6O2. The van der Waals surface area contributed by atoms with Crippen molar-refractivity contribution in [2.45, 2.75) is 12.0 Å². The maximum Gasteiger partial charge on any atom is 0.258 e. The topological polar surface area (TPSA) is 102 Å². The van der Waals surface area contributed by atoms with Crippen molar-refractivity contribution in [1.29, 1.82) is 0 Å². The van der Waals surface area contributed by atoms with Gasteiger partial charge in [-0.2, -0.15) is 0 Å². The zero-order valence-electron chi connectivity index (χ0n) is 15.2. The highest BCUT2D eigenvalue weighted by atomic mass is 16.5. The minimum Gasteiger partial charge on any atom is -0.479 e. The van der Waals surface area contributed by atoms with Gasteiger partial charge in [-0.1, -0.05) is 36.4 Å². The lowest BCUT2D eigenvalue weighted by atomic mass is 9.96. The summed E-state index contributed by atoms with van der Waals surface area (Å²) in [5.41, 5.74) is 2.01. The molecule has 2 aliphatic rings. The van der Waals surface area contributed by atoms with Crippen molar-refractivity contribution in [3.8, 4) is 5.75 Å². The first-order valence-corrected chi connectivity index (χ1v) is 9.10. The van der Waals surface area contributed by atoms with Crippen molar-refractivity contribution >= 4 is 23.4 Å². The third kappa shape index (κ3) is 3.31. The van der Waals surface area contributed by atoms with Gasteiger partial charge in [0.1, 0.15) is 12.4 Å². The van der Waals surface area contributed by atoms with Crippen molar-refractivity contribution in [3.05, 3.63) is 84.6 Å². The molecule has 29 heavy (non-hydrogen) atoms. The van der Waals surface area contributed by atoms with Gasteiger partial charge in [-0.3, -0.25) is 10.1 Å². The summed E-state index contributed by atoms with van der Waals surface area (Å²) >= 11 is 0. The molecule has 0 bridgehead atoms. The lowest BCUT2D eigenvalue weighted by Crippen LogP contribution is -2.16. The van der Waals surface area contributed by atoms with E-state index in [0.717, 1.165) is 5.69 Å². The molecule has 1 amide bonds. The van der Waals surface area contributed by atoms with Crippen LogP contribution >= 0.6 is 0 Å². The fourth-order valence-electron chi connectivity index (χ4n) is 3.27. The van der Waals surface area contributed by atoms with E-state index in [2.05, 4.69) is 36.6 Å². The minimum absolute atomic E-state index is 0.0703. The van der Waals surface area contributed by atoms with Crippen LogP contribution in [0.2, 0.25) is 0 Å². The molecule has 0 radical (unpaired) electrons. The zero-order valence-corrected chi connectivity index (χ0v) is 15.2. The maximum absolute atomic E-state index is 12.2. The highest BCUT2D eigenvalue weighted by Gasteiger charge is 2.35.